The lowest BCUT2D eigenvalue weighted by atomic mass is 10.2. The van der Waals surface area contributed by atoms with Crippen LogP contribution in [0, 0.1) is 18.6 Å². The zero-order chi connectivity index (χ0) is 21.3. The first kappa shape index (κ1) is 19.9. The molecule has 0 spiro atoms. The predicted octanol–water partition coefficient (Wildman–Crippen LogP) is 3.70. The van der Waals surface area contributed by atoms with E-state index in [1.807, 2.05) is 36.6 Å². The van der Waals surface area contributed by atoms with Crippen molar-refractivity contribution < 1.29 is 4.79 Å². The Bertz CT molecular complexity index is 1280. The standard InChI is InChI=1S/C19H18N8OS2/c1-4-9-26-16(24-25-19(26)29)15-11(2)22-18(30-15)23-17(28)13-10-21-27(12(13)3)14-7-5-6-8-20-14/h4-8,10H,1,9H2,2-3H3,(H,25,29)(H,22,23,28). The third-order valence-corrected chi connectivity index (χ3v) is 5.79. The number of rotatable bonds is 6. The molecule has 30 heavy (non-hydrogen) atoms. The molecule has 0 aliphatic rings. The summed E-state index contributed by atoms with van der Waals surface area (Å²) in [5.74, 6) is 1.01. The van der Waals surface area contributed by atoms with Crippen molar-refractivity contribution in [3.8, 4) is 16.5 Å². The number of aromatic nitrogens is 7. The van der Waals surface area contributed by atoms with Gasteiger partial charge in [-0.1, -0.05) is 23.5 Å². The van der Waals surface area contributed by atoms with Crippen LogP contribution in [0.15, 0.2) is 43.2 Å². The van der Waals surface area contributed by atoms with Crippen molar-refractivity contribution in [2.45, 2.75) is 20.4 Å². The molecule has 0 unspecified atom stereocenters. The molecule has 4 heterocycles. The summed E-state index contributed by atoms with van der Waals surface area (Å²) in [5.41, 5.74) is 1.88. The van der Waals surface area contributed by atoms with Gasteiger partial charge in [-0.3, -0.25) is 19.8 Å². The maximum atomic E-state index is 12.8. The van der Waals surface area contributed by atoms with Crippen LogP contribution in [0.2, 0.25) is 0 Å². The number of nitrogens with zero attached hydrogens (tertiary/aromatic N) is 6. The van der Waals surface area contributed by atoms with Crippen LogP contribution in [0.1, 0.15) is 21.7 Å². The van der Waals surface area contributed by atoms with Crippen LogP contribution in [-0.2, 0) is 6.54 Å². The number of allylic oxidation sites excluding steroid dienone is 1. The fraction of sp³-hybridized carbons (Fsp3) is 0.158. The van der Waals surface area contributed by atoms with Gasteiger partial charge in [-0.15, -0.1) is 6.58 Å². The van der Waals surface area contributed by atoms with Crippen molar-refractivity contribution in [3.05, 3.63) is 65.0 Å². The maximum absolute atomic E-state index is 12.8. The number of aryl methyl sites for hydroxylation is 1. The van der Waals surface area contributed by atoms with Crippen molar-refractivity contribution >= 4 is 34.6 Å². The number of pyridine rings is 1. The third-order valence-electron chi connectivity index (χ3n) is 4.41. The topological polar surface area (TPSA) is 106 Å². The number of aromatic amines is 1. The maximum Gasteiger partial charge on any atom is 0.260 e. The summed E-state index contributed by atoms with van der Waals surface area (Å²) in [6.07, 6.45) is 4.95. The Hall–Kier alpha value is -3.44. The molecule has 0 aliphatic heterocycles. The second kappa shape index (κ2) is 8.13. The molecule has 2 N–H and O–H groups in total. The second-order valence-electron chi connectivity index (χ2n) is 6.38. The summed E-state index contributed by atoms with van der Waals surface area (Å²) in [7, 11) is 0. The molecule has 0 aliphatic carbocycles. The number of amides is 1. The molecule has 0 saturated heterocycles. The molecular weight excluding hydrogens is 420 g/mol. The Morgan fingerprint density at radius 3 is 2.97 bits per heavy atom. The highest BCUT2D eigenvalue weighted by atomic mass is 32.1. The summed E-state index contributed by atoms with van der Waals surface area (Å²) in [6, 6.07) is 5.52. The Morgan fingerprint density at radius 2 is 2.23 bits per heavy atom. The molecule has 1 amide bonds. The Balaban J connectivity index is 1.60. The number of carbonyl (C=O) groups excluding carboxylic acids is 1. The minimum atomic E-state index is -0.292. The summed E-state index contributed by atoms with van der Waals surface area (Å²) in [5, 5.41) is 14.7. The minimum Gasteiger partial charge on any atom is -0.298 e. The highest BCUT2D eigenvalue weighted by Gasteiger charge is 2.20. The van der Waals surface area contributed by atoms with Crippen LogP contribution in [0.4, 0.5) is 5.13 Å². The molecular formula is C19H18N8OS2. The molecule has 4 rings (SSSR count). The number of H-pyrrole nitrogens is 1. The molecule has 0 aromatic carbocycles. The lowest BCUT2D eigenvalue weighted by Gasteiger charge is -2.04. The molecule has 0 saturated carbocycles. The first-order valence-corrected chi connectivity index (χ1v) is 10.2. The van der Waals surface area contributed by atoms with Crippen LogP contribution in [0.25, 0.3) is 16.5 Å². The number of hydrogen-bond acceptors (Lipinski definition) is 7. The van der Waals surface area contributed by atoms with Crippen molar-refractivity contribution in [2.24, 2.45) is 0 Å². The van der Waals surface area contributed by atoms with E-state index in [4.69, 9.17) is 12.2 Å². The number of carbonyl (C=O) groups is 1. The molecule has 152 valence electrons. The van der Waals surface area contributed by atoms with Crippen LogP contribution in [0.5, 0.6) is 0 Å². The van der Waals surface area contributed by atoms with E-state index in [0.717, 1.165) is 10.6 Å². The normalized spacial score (nSPS) is 10.9. The van der Waals surface area contributed by atoms with Gasteiger partial charge in [-0.05, 0) is 38.2 Å². The van der Waals surface area contributed by atoms with Gasteiger partial charge < -0.3 is 0 Å². The highest BCUT2D eigenvalue weighted by molar-refractivity contribution is 7.71. The number of nitrogens with one attached hydrogen (secondary N) is 2. The summed E-state index contributed by atoms with van der Waals surface area (Å²) in [4.78, 5) is 22.4. The zero-order valence-corrected chi connectivity index (χ0v) is 17.9. The average Bonchev–Trinajstić information content (AvgIpc) is 3.40. The first-order chi connectivity index (χ1) is 14.5. The van der Waals surface area contributed by atoms with E-state index in [0.29, 0.717) is 39.3 Å². The predicted molar refractivity (Wildman–Crippen MR) is 118 cm³/mol. The van der Waals surface area contributed by atoms with E-state index in [2.05, 4.69) is 37.2 Å². The number of thiazole rings is 1. The van der Waals surface area contributed by atoms with Crippen LogP contribution < -0.4 is 5.32 Å². The smallest absolute Gasteiger partial charge is 0.260 e. The van der Waals surface area contributed by atoms with Crippen molar-refractivity contribution in [2.75, 3.05) is 5.32 Å². The fourth-order valence-corrected chi connectivity index (χ4v) is 4.12. The van der Waals surface area contributed by atoms with Gasteiger partial charge in [-0.2, -0.15) is 10.2 Å². The van der Waals surface area contributed by atoms with E-state index in [1.165, 1.54) is 17.5 Å². The SMILES string of the molecule is C=CCn1c(-c2sc(NC(=O)c3cnn(-c4ccccn4)c3C)nc2C)n[nH]c1=S. The monoisotopic (exact) mass is 438 g/mol. The molecule has 0 fully saturated rings. The van der Waals surface area contributed by atoms with Gasteiger partial charge in [0, 0.05) is 12.7 Å². The van der Waals surface area contributed by atoms with Gasteiger partial charge in [0.15, 0.2) is 21.5 Å². The molecule has 9 nitrogen and oxygen atoms in total. The molecule has 11 heteroatoms. The largest absolute Gasteiger partial charge is 0.298 e. The van der Waals surface area contributed by atoms with E-state index in [9.17, 15) is 4.79 Å². The van der Waals surface area contributed by atoms with Gasteiger partial charge >= 0.3 is 0 Å². The van der Waals surface area contributed by atoms with Gasteiger partial charge in [0.1, 0.15) is 0 Å². The van der Waals surface area contributed by atoms with Crippen LogP contribution >= 0.6 is 23.6 Å². The Morgan fingerprint density at radius 1 is 1.40 bits per heavy atom. The van der Waals surface area contributed by atoms with E-state index in [-0.39, 0.29) is 5.91 Å². The average molecular weight is 439 g/mol. The third kappa shape index (κ3) is 3.60. The lowest BCUT2D eigenvalue weighted by Crippen LogP contribution is -2.13. The van der Waals surface area contributed by atoms with Crippen LogP contribution in [0.3, 0.4) is 0 Å². The summed E-state index contributed by atoms with van der Waals surface area (Å²) >= 11 is 6.61. The van der Waals surface area contributed by atoms with Gasteiger partial charge in [0.05, 0.1) is 28.0 Å². The van der Waals surface area contributed by atoms with E-state index in [1.54, 1.807) is 17.0 Å². The van der Waals surface area contributed by atoms with E-state index < -0.39 is 0 Å². The van der Waals surface area contributed by atoms with Crippen LogP contribution in [-0.4, -0.2) is 40.4 Å². The van der Waals surface area contributed by atoms with E-state index >= 15 is 0 Å². The number of anilines is 1. The fourth-order valence-electron chi connectivity index (χ4n) is 2.95. The molecule has 0 radical (unpaired) electrons. The quantitative estimate of drug-likeness (QED) is 0.351. The van der Waals surface area contributed by atoms with Crippen molar-refractivity contribution in [1.82, 2.24) is 34.5 Å². The Kier molecular flexibility index (Phi) is 5.38. The lowest BCUT2D eigenvalue weighted by molar-refractivity contribution is 0.102. The molecule has 0 bridgehead atoms. The van der Waals surface area contributed by atoms with Crippen molar-refractivity contribution in [3.63, 3.8) is 0 Å². The number of hydrogen-bond donors (Lipinski definition) is 2. The highest BCUT2D eigenvalue weighted by Crippen LogP contribution is 2.32. The second-order valence-corrected chi connectivity index (χ2v) is 7.77. The van der Waals surface area contributed by atoms with Crippen molar-refractivity contribution in [1.29, 1.82) is 0 Å². The van der Waals surface area contributed by atoms with Gasteiger partial charge in [0.2, 0.25) is 0 Å². The summed E-state index contributed by atoms with van der Waals surface area (Å²) < 4.78 is 3.96. The molecule has 0 atom stereocenters. The molecule has 4 aromatic heterocycles. The minimum absolute atomic E-state index is 0.292. The first-order valence-electron chi connectivity index (χ1n) is 9.01. The van der Waals surface area contributed by atoms with Gasteiger partial charge in [-0.25, -0.2) is 14.6 Å². The Labute approximate surface area is 181 Å². The zero-order valence-electron chi connectivity index (χ0n) is 16.3. The summed E-state index contributed by atoms with van der Waals surface area (Å²) in [6.45, 7) is 7.96. The van der Waals surface area contributed by atoms with Gasteiger partial charge in [0.25, 0.3) is 5.91 Å². The molecule has 4 aromatic rings.